The standard InChI is InChI=1S/C13H15F3N4O/c14-13(15,16)11-10(5-6-19-12(11)20-18)21-9-3-1-8(7-17)2-4-9/h5-6,8-9H,1-4,18H2,(H,19,20). The second kappa shape index (κ2) is 6.18. The molecule has 1 aromatic rings. The molecule has 5 nitrogen and oxygen atoms in total. The van der Waals surface area contributed by atoms with Crippen LogP contribution in [0.25, 0.3) is 0 Å². The van der Waals surface area contributed by atoms with E-state index in [1.807, 2.05) is 5.43 Å². The van der Waals surface area contributed by atoms with E-state index in [4.69, 9.17) is 15.8 Å². The van der Waals surface area contributed by atoms with Crippen molar-refractivity contribution in [2.45, 2.75) is 38.0 Å². The van der Waals surface area contributed by atoms with Gasteiger partial charge >= 0.3 is 6.18 Å². The number of nitrogens with two attached hydrogens (primary N) is 1. The Morgan fingerprint density at radius 2 is 2.00 bits per heavy atom. The summed E-state index contributed by atoms with van der Waals surface area (Å²) >= 11 is 0. The summed E-state index contributed by atoms with van der Waals surface area (Å²) in [6, 6.07) is 3.35. The van der Waals surface area contributed by atoms with Crippen LogP contribution >= 0.6 is 0 Å². The molecule has 1 heterocycles. The van der Waals surface area contributed by atoms with Crippen LogP contribution in [0.4, 0.5) is 19.0 Å². The lowest BCUT2D eigenvalue weighted by atomic mass is 9.88. The molecule has 3 N–H and O–H groups in total. The van der Waals surface area contributed by atoms with E-state index in [-0.39, 0.29) is 17.8 Å². The van der Waals surface area contributed by atoms with Crippen molar-refractivity contribution in [1.29, 1.82) is 5.26 Å². The first kappa shape index (κ1) is 15.4. The van der Waals surface area contributed by atoms with Crippen molar-refractivity contribution in [2.75, 3.05) is 5.43 Å². The highest BCUT2D eigenvalue weighted by atomic mass is 19.4. The Bertz CT molecular complexity index is 533. The van der Waals surface area contributed by atoms with Crippen molar-refractivity contribution in [3.8, 4) is 11.8 Å². The Morgan fingerprint density at radius 3 is 2.52 bits per heavy atom. The maximum atomic E-state index is 13.1. The fourth-order valence-electron chi connectivity index (χ4n) is 2.42. The summed E-state index contributed by atoms with van der Waals surface area (Å²) in [6.07, 6.45) is -1.35. The van der Waals surface area contributed by atoms with Crippen LogP contribution in [0.15, 0.2) is 12.3 Å². The molecule has 0 bridgehead atoms. The molecule has 1 aromatic heterocycles. The van der Waals surface area contributed by atoms with E-state index in [1.54, 1.807) is 0 Å². The van der Waals surface area contributed by atoms with E-state index in [9.17, 15) is 13.2 Å². The maximum absolute atomic E-state index is 13.1. The maximum Gasteiger partial charge on any atom is 0.423 e. The predicted octanol–water partition coefficient (Wildman–Crippen LogP) is 2.85. The van der Waals surface area contributed by atoms with E-state index in [2.05, 4.69) is 11.1 Å². The van der Waals surface area contributed by atoms with Crippen LogP contribution in [0.2, 0.25) is 0 Å². The molecule has 0 amide bonds. The van der Waals surface area contributed by atoms with Gasteiger partial charge in [-0.3, -0.25) is 0 Å². The second-order valence-corrected chi connectivity index (χ2v) is 4.90. The normalized spacial score (nSPS) is 22.4. The van der Waals surface area contributed by atoms with Crippen LogP contribution in [-0.4, -0.2) is 11.1 Å². The number of hydrogen-bond donors (Lipinski definition) is 2. The molecule has 8 heteroatoms. The predicted molar refractivity (Wildman–Crippen MR) is 69.0 cm³/mol. The van der Waals surface area contributed by atoms with Gasteiger partial charge in [-0.05, 0) is 31.7 Å². The first-order valence-corrected chi connectivity index (χ1v) is 6.54. The van der Waals surface area contributed by atoms with Gasteiger partial charge in [0.15, 0.2) is 5.82 Å². The molecule has 0 aliphatic heterocycles. The van der Waals surface area contributed by atoms with E-state index in [0.29, 0.717) is 25.7 Å². The molecule has 0 unspecified atom stereocenters. The monoisotopic (exact) mass is 300 g/mol. The SMILES string of the molecule is N#CC1CCC(Oc2ccnc(NN)c2C(F)(F)F)CC1. The number of nitriles is 1. The van der Waals surface area contributed by atoms with Gasteiger partial charge in [0.25, 0.3) is 0 Å². The summed E-state index contributed by atoms with van der Waals surface area (Å²) in [7, 11) is 0. The quantitative estimate of drug-likeness (QED) is 0.662. The van der Waals surface area contributed by atoms with Gasteiger partial charge in [-0.2, -0.15) is 18.4 Å². The van der Waals surface area contributed by atoms with Crippen molar-refractivity contribution in [3.05, 3.63) is 17.8 Å². The zero-order valence-electron chi connectivity index (χ0n) is 11.2. The molecule has 1 fully saturated rings. The van der Waals surface area contributed by atoms with Crippen molar-refractivity contribution >= 4 is 5.82 Å². The fraction of sp³-hybridized carbons (Fsp3) is 0.538. The fourth-order valence-corrected chi connectivity index (χ4v) is 2.42. The van der Waals surface area contributed by atoms with Gasteiger partial charge in [0.05, 0.1) is 12.2 Å². The molecular weight excluding hydrogens is 285 g/mol. The van der Waals surface area contributed by atoms with E-state index >= 15 is 0 Å². The number of hydrazine groups is 1. The molecule has 0 atom stereocenters. The summed E-state index contributed by atoms with van der Waals surface area (Å²) in [4.78, 5) is 3.56. The average molecular weight is 300 g/mol. The van der Waals surface area contributed by atoms with Gasteiger partial charge in [0.1, 0.15) is 11.3 Å². The molecular formula is C13H15F3N4O. The topological polar surface area (TPSA) is 84.0 Å². The smallest absolute Gasteiger partial charge is 0.423 e. The molecule has 0 radical (unpaired) electrons. The molecule has 1 aliphatic rings. The van der Waals surface area contributed by atoms with Crippen LogP contribution in [0.5, 0.6) is 5.75 Å². The molecule has 114 valence electrons. The Kier molecular flexibility index (Phi) is 4.53. The molecule has 0 aromatic carbocycles. The second-order valence-electron chi connectivity index (χ2n) is 4.90. The average Bonchev–Trinajstić information content (AvgIpc) is 2.46. The number of pyridine rings is 1. The van der Waals surface area contributed by atoms with Crippen molar-refractivity contribution in [2.24, 2.45) is 11.8 Å². The number of aromatic nitrogens is 1. The zero-order chi connectivity index (χ0) is 15.5. The lowest BCUT2D eigenvalue weighted by molar-refractivity contribution is -0.139. The third-order valence-electron chi connectivity index (χ3n) is 3.48. The first-order valence-electron chi connectivity index (χ1n) is 6.54. The number of rotatable bonds is 3. The summed E-state index contributed by atoms with van der Waals surface area (Å²) < 4.78 is 44.8. The number of nitrogens with zero attached hydrogens (tertiary/aromatic N) is 2. The minimum atomic E-state index is -4.62. The van der Waals surface area contributed by atoms with Gasteiger partial charge < -0.3 is 10.2 Å². The highest BCUT2D eigenvalue weighted by Crippen LogP contribution is 2.41. The van der Waals surface area contributed by atoms with E-state index in [1.165, 1.54) is 12.3 Å². The number of ether oxygens (including phenoxy) is 1. The summed E-state index contributed by atoms with van der Waals surface area (Å²) in [5.74, 6) is 4.29. The minimum absolute atomic E-state index is 0.0364. The molecule has 1 saturated carbocycles. The van der Waals surface area contributed by atoms with Crippen LogP contribution in [0.1, 0.15) is 31.2 Å². The summed E-state index contributed by atoms with van der Waals surface area (Å²) in [5, 5.41) is 8.82. The highest BCUT2D eigenvalue weighted by Gasteiger charge is 2.39. The number of alkyl halides is 3. The summed E-state index contributed by atoms with van der Waals surface area (Å²) in [5.41, 5.74) is 0.937. The number of halogens is 3. The lowest BCUT2D eigenvalue weighted by Crippen LogP contribution is -2.25. The van der Waals surface area contributed by atoms with Crippen LogP contribution < -0.4 is 16.0 Å². The first-order chi connectivity index (χ1) is 9.95. The van der Waals surface area contributed by atoms with Gasteiger partial charge in [0, 0.05) is 12.1 Å². The minimum Gasteiger partial charge on any atom is -0.490 e. The highest BCUT2D eigenvalue weighted by molar-refractivity contribution is 5.52. The Balaban J connectivity index is 2.19. The van der Waals surface area contributed by atoms with Gasteiger partial charge in [-0.15, -0.1) is 0 Å². The van der Waals surface area contributed by atoms with Crippen molar-refractivity contribution < 1.29 is 17.9 Å². The largest absolute Gasteiger partial charge is 0.490 e. The van der Waals surface area contributed by atoms with Gasteiger partial charge in [-0.25, -0.2) is 10.8 Å². The molecule has 1 aliphatic carbocycles. The third-order valence-corrected chi connectivity index (χ3v) is 3.48. The Labute approximate surface area is 119 Å². The Hall–Kier alpha value is -2.01. The van der Waals surface area contributed by atoms with E-state index in [0.717, 1.165) is 0 Å². The van der Waals surface area contributed by atoms with Gasteiger partial charge in [-0.1, -0.05) is 0 Å². The van der Waals surface area contributed by atoms with Gasteiger partial charge in [0.2, 0.25) is 0 Å². The van der Waals surface area contributed by atoms with Crippen LogP contribution in [-0.2, 0) is 6.18 Å². The number of hydrogen-bond acceptors (Lipinski definition) is 5. The molecule has 21 heavy (non-hydrogen) atoms. The summed E-state index contributed by atoms with van der Waals surface area (Å²) in [6.45, 7) is 0. The van der Waals surface area contributed by atoms with E-state index < -0.39 is 17.6 Å². The molecule has 2 rings (SSSR count). The zero-order valence-corrected chi connectivity index (χ0v) is 11.2. The number of nitrogens with one attached hydrogen (secondary N) is 1. The Morgan fingerprint density at radius 1 is 1.33 bits per heavy atom. The number of anilines is 1. The molecule has 0 saturated heterocycles. The van der Waals surface area contributed by atoms with Crippen molar-refractivity contribution in [3.63, 3.8) is 0 Å². The van der Waals surface area contributed by atoms with Crippen LogP contribution in [0.3, 0.4) is 0 Å². The molecule has 0 spiro atoms. The third kappa shape index (κ3) is 3.55. The number of nitrogen functional groups attached to an aromatic ring is 1. The van der Waals surface area contributed by atoms with Crippen molar-refractivity contribution in [1.82, 2.24) is 4.98 Å². The lowest BCUT2D eigenvalue weighted by Gasteiger charge is -2.27. The van der Waals surface area contributed by atoms with Crippen LogP contribution in [0, 0.1) is 17.2 Å².